The van der Waals surface area contributed by atoms with Crippen LogP contribution < -0.4 is 10.6 Å². The average Bonchev–Trinajstić information content (AvgIpc) is 2.29. The Bertz CT molecular complexity index is 453. The normalized spacial score (nSPS) is 16.8. The number of hydrogen-bond acceptors (Lipinski definition) is 2. The molecule has 2 amide bonds. The minimum atomic E-state index is -0.680. The van der Waals surface area contributed by atoms with Gasteiger partial charge in [-0.05, 0) is 56.4 Å². The van der Waals surface area contributed by atoms with E-state index in [1.807, 2.05) is 32.0 Å². The summed E-state index contributed by atoms with van der Waals surface area (Å²) in [5.74, 6) is 0. The highest BCUT2D eigenvalue weighted by Crippen LogP contribution is 2.30. The van der Waals surface area contributed by atoms with Crippen molar-refractivity contribution in [1.29, 1.82) is 0 Å². The van der Waals surface area contributed by atoms with Gasteiger partial charge in [-0.25, -0.2) is 4.79 Å². The zero-order valence-corrected chi connectivity index (χ0v) is 10.9. The Morgan fingerprint density at radius 3 is 2.61 bits per heavy atom. The lowest BCUT2D eigenvalue weighted by Gasteiger charge is -2.36. The summed E-state index contributed by atoms with van der Waals surface area (Å²) < 4.78 is 0. The number of rotatable bonds is 3. The van der Waals surface area contributed by atoms with Crippen molar-refractivity contribution in [1.82, 2.24) is 5.32 Å². The summed E-state index contributed by atoms with van der Waals surface area (Å²) in [6.07, 6.45) is 2.59. The molecule has 98 valence electrons. The molecule has 0 bridgehead atoms. The maximum absolute atomic E-state index is 11.7. The molecular weight excluding hydrogens is 228 g/mol. The van der Waals surface area contributed by atoms with Gasteiger partial charge in [0.15, 0.2) is 0 Å². The third-order valence-electron chi connectivity index (χ3n) is 3.63. The SMILES string of the molecule is Cc1ccc(NC(=O)NCC2(O)CCC2)cc1C. The Balaban J connectivity index is 1.85. The Morgan fingerprint density at radius 2 is 2.06 bits per heavy atom. The number of carbonyl (C=O) groups is 1. The molecule has 4 heteroatoms. The highest BCUT2D eigenvalue weighted by molar-refractivity contribution is 5.89. The molecule has 0 unspecified atom stereocenters. The summed E-state index contributed by atoms with van der Waals surface area (Å²) in [6.45, 7) is 4.37. The van der Waals surface area contributed by atoms with Gasteiger partial charge >= 0.3 is 6.03 Å². The molecule has 0 spiro atoms. The van der Waals surface area contributed by atoms with Crippen LogP contribution in [0.3, 0.4) is 0 Å². The fraction of sp³-hybridized carbons (Fsp3) is 0.500. The number of urea groups is 1. The Hall–Kier alpha value is -1.55. The summed E-state index contributed by atoms with van der Waals surface area (Å²) in [4.78, 5) is 11.7. The predicted octanol–water partition coefficient (Wildman–Crippen LogP) is 2.34. The van der Waals surface area contributed by atoms with E-state index in [4.69, 9.17) is 0 Å². The quantitative estimate of drug-likeness (QED) is 0.769. The van der Waals surface area contributed by atoms with Crippen LogP contribution >= 0.6 is 0 Å². The van der Waals surface area contributed by atoms with E-state index in [-0.39, 0.29) is 6.03 Å². The van der Waals surface area contributed by atoms with E-state index in [0.29, 0.717) is 6.54 Å². The van der Waals surface area contributed by atoms with Gasteiger partial charge in [-0.2, -0.15) is 0 Å². The molecule has 1 fully saturated rings. The van der Waals surface area contributed by atoms with Crippen LogP contribution in [0.2, 0.25) is 0 Å². The molecule has 18 heavy (non-hydrogen) atoms. The molecule has 1 aliphatic carbocycles. The van der Waals surface area contributed by atoms with Crippen LogP contribution in [0.1, 0.15) is 30.4 Å². The van der Waals surface area contributed by atoms with Crippen molar-refractivity contribution in [2.45, 2.75) is 38.7 Å². The van der Waals surface area contributed by atoms with Gasteiger partial charge in [-0.15, -0.1) is 0 Å². The Morgan fingerprint density at radius 1 is 1.33 bits per heavy atom. The lowest BCUT2D eigenvalue weighted by molar-refractivity contribution is -0.0287. The summed E-state index contributed by atoms with van der Waals surface area (Å²) >= 11 is 0. The molecule has 0 saturated heterocycles. The molecule has 0 aliphatic heterocycles. The van der Waals surface area contributed by atoms with E-state index < -0.39 is 5.60 Å². The highest BCUT2D eigenvalue weighted by atomic mass is 16.3. The molecule has 0 heterocycles. The first-order valence-electron chi connectivity index (χ1n) is 6.33. The molecule has 3 N–H and O–H groups in total. The van der Waals surface area contributed by atoms with E-state index in [0.717, 1.165) is 30.5 Å². The smallest absolute Gasteiger partial charge is 0.319 e. The summed E-state index contributed by atoms with van der Waals surface area (Å²) in [7, 11) is 0. The van der Waals surface area contributed by atoms with Crippen LogP contribution in [-0.4, -0.2) is 23.3 Å². The molecule has 0 radical (unpaired) electrons. The average molecular weight is 248 g/mol. The van der Waals surface area contributed by atoms with Gasteiger partial charge in [0, 0.05) is 12.2 Å². The van der Waals surface area contributed by atoms with Crippen molar-refractivity contribution in [2.24, 2.45) is 0 Å². The maximum atomic E-state index is 11.7. The van der Waals surface area contributed by atoms with E-state index in [1.54, 1.807) is 0 Å². The molecule has 1 aromatic rings. The number of amides is 2. The van der Waals surface area contributed by atoms with Crippen LogP contribution in [0, 0.1) is 13.8 Å². The van der Waals surface area contributed by atoms with E-state index >= 15 is 0 Å². The molecule has 1 aromatic carbocycles. The maximum Gasteiger partial charge on any atom is 0.319 e. The number of anilines is 1. The van der Waals surface area contributed by atoms with Crippen LogP contribution in [0.5, 0.6) is 0 Å². The van der Waals surface area contributed by atoms with Gasteiger partial charge in [0.05, 0.1) is 5.60 Å². The molecule has 0 aromatic heterocycles. The van der Waals surface area contributed by atoms with Crippen LogP contribution in [0.4, 0.5) is 10.5 Å². The van der Waals surface area contributed by atoms with Crippen LogP contribution in [-0.2, 0) is 0 Å². The summed E-state index contributed by atoms with van der Waals surface area (Å²) in [5, 5.41) is 15.3. The summed E-state index contributed by atoms with van der Waals surface area (Å²) in [5.41, 5.74) is 2.44. The fourth-order valence-electron chi connectivity index (χ4n) is 2.00. The zero-order chi connectivity index (χ0) is 13.2. The minimum absolute atomic E-state index is 0.265. The van der Waals surface area contributed by atoms with Crippen molar-refractivity contribution >= 4 is 11.7 Å². The lowest BCUT2D eigenvalue weighted by atomic mass is 9.80. The topological polar surface area (TPSA) is 61.4 Å². The monoisotopic (exact) mass is 248 g/mol. The van der Waals surface area contributed by atoms with Crippen molar-refractivity contribution in [2.75, 3.05) is 11.9 Å². The standard InChI is InChI=1S/C14H20N2O2/c1-10-4-5-12(8-11(10)2)16-13(17)15-9-14(18)6-3-7-14/h4-5,8,18H,3,6-7,9H2,1-2H3,(H2,15,16,17). The second kappa shape index (κ2) is 4.98. The Labute approximate surface area is 107 Å². The molecular formula is C14H20N2O2. The van der Waals surface area contributed by atoms with Gasteiger partial charge in [-0.3, -0.25) is 0 Å². The lowest BCUT2D eigenvalue weighted by Crippen LogP contribution is -2.48. The predicted molar refractivity (Wildman–Crippen MR) is 71.7 cm³/mol. The van der Waals surface area contributed by atoms with Gasteiger partial charge in [-0.1, -0.05) is 6.07 Å². The number of aryl methyl sites for hydroxylation is 2. The number of nitrogens with one attached hydrogen (secondary N) is 2. The number of benzene rings is 1. The second-order valence-electron chi connectivity index (χ2n) is 5.18. The van der Waals surface area contributed by atoms with E-state index in [2.05, 4.69) is 10.6 Å². The van der Waals surface area contributed by atoms with Gasteiger partial charge < -0.3 is 15.7 Å². The molecule has 0 atom stereocenters. The first kappa shape index (κ1) is 12.9. The molecule has 1 aliphatic rings. The van der Waals surface area contributed by atoms with Gasteiger partial charge in [0.1, 0.15) is 0 Å². The van der Waals surface area contributed by atoms with Crippen molar-refractivity contribution in [3.05, 3.63) is 29.3 Å². The first-order chi connectivity index (χ1) is 8.48. The van der Waals surface area contributed by atoms with Gasteiger partial charge in [0.2, 0.25) is 0 Å². The molecule has 1 saturated carbocycles. The third-order valence-corrected chi connectivity index (χ3v) is 3.63. The van der Waals surface area contributed by atoms with Crippen LogP contribution in [0.15, 0.2) is 18.2 Å². The number of hydrogen-bond donors (Lipinski definition) is 3. The number of aliphatic hydroxyl groups is 1. The van der Waals surface area contributed by atoms with Crippen molar-refractivity contribution < 1.29 is 9.90 Å². The summed E-state index contributed by atoms with van der Waals surface area (Å²) in [6, 6.07) is 5.52. The van der Waals surface area contributed by atoms with Crippen molar-refractivity contribution in [3.63, 3.8) is 0 Å². The highest BCUT2D eigenvalue weighted by Gasteiger charge is 2.34. The van der Waals surface area contributed by atoms with Gasteiger partial charge in [0.25, 0.3) is 0 Å². The molecule has 2 rings (SSSR count). The second-order valence-corrected chi connectivity index (χ2v) is 5.18. The Kier molecular flexibility index (Phi) is 3.57. The molecule has 4 nitrogen and oxygen atoms in total. The first-order valence-corrected chi connectivity index (χ1v) is 6.33. The fourth-order valence-corrected chi connectivity index (χ4v) is 2.00. The van der Waals surface area contributed by atoms with Crippen LogP contribution in [0.25, 0.3) is 0 Å². The van der Waals surface area contributed by atoms with E-state index in [1.165, 1.54) is 5.56 Å². The van der Waals surface area contributed by atoms with Crippen molar-refractivity contribution in [3.8, 4) is 0 Å². The minimum Gasteiger partial charge on any atom is -0.388 e. The number of carbonyl (C=O) groups excluding carboxylic acids is 1. The largest absolute Gasteiger partial charge is 0.388 e. The third kappa shape index (κ3) is 3.01. The zero-order valence-electron chi connectivity index (χ0n) is 10.9. The van der Waals surface area contributed by atoms with E-state index in [9.17, 15) is 9.90 Å².